The van der Waals surface area contributed by atoms with Gasteiger partial charge < -0.3 is 5.11 Å². The van der Waals surface area contributed by atoms with Gasteiger partial charge in [0.15, 0.2) is 0 Å². The lowest BCUT2D eigenvalue weighted by Crippen LogP contribution is -2.13. The molecule has 0 atom stereocenters. The Morgan fingerprint density at radius 3 is 2.55 bits per heavy atom. The number of fused-ring (bicyclic) bond motifs is 1. The van der Waals surface area contributed by atoms with Gasteiger partial charge >= 0.3 is 5.97 Å². The third kappa shape index (κ3) is 2.51. The first-order valence-electron chi connectivity index (χ1n) is 6.26. The number of nitrogens with zero attached hydrogens (tertiary/aromatic N) is 1. The van der Waals surface area contributed by atoms with Crippen molar-refractivity contribution in [1.29, 1.82) is 0 Å². The topological polar surface area (TPSA) is 112 Å². The van der Waals surface area contributed by atoms with E-state index in [9.17, 15) is 13.2 Å². The van der Waals surface area contributed by atoms with Crippen LogP contribution in [-0.2, 0) is 10.0 Å². The Morgan fingerprint density at radius 1 is 1.14 bits per heavy atom. The Kier molecular flexibility index (Phi) is 3.30. The van der Waals surface area contributed by atoms with E-state index >= 15 is 0 Å². The summed E-state index contributed by atoms with van der Waals surface area (Å²) in [6.07, 6.45) is 1.53. The second kappa shape index (κ2) is 5.15. The van der Waals surface area contributed by atoms with Gasteiger partial charge in [0, 0.05) is 5.39 Å². The molecule has 8 heteroatoms. The zero-order valence-corrected chi connectivity index (χ0v) is 12.0. The van der Waals surface area contributed by atoms with Crippen molar-refractivity contribution in [1.82, 2.24) is 10.2 Å². The number of sulfonamides is 1. The molecule has 0 aliphatic heterocycles. The maximum atomic E-state index is 12.4. The van der Waals surface area contributed by atoms with E-state index in [0.29, 0.717) is 16.6 Å². The first-order valence-corrected chi connectivity index (χ1v) is 7.74. The third-order valence-corrected chi connectivity index (χ3v) is 4.52. The summed E-state index contributed by atoms with van der Waals surface area (Å²) >= 11 is 0. The summed E-state index contributed by atoms with van der Waals surface area (Å²) in [6.45, 7) is 0. The molecule has 0 aliphatic carbocycles. The lowest BCUT2D eigenvalue weighted by atomic mass is 10.2. The Morgan fingerprint density at radius 2 is 1.86 bits per heavy atom. The Bertz CT molecular complexity index is 946. The second-order valence-electron chi connectivity index (χ2n) is 4.57. The molecule has 3 rings (SSSR count). The van der Waals surface area contributed by atoms with Gasteiger partial charge in [0.1, 0.15) is 0 Å². The van der Waals surface area contributed by atoms with E-state index in [1.807, 2.05) is 0 Å². The Balaban J connectivity index is 1.96. The average Bonchev–Trinajstić information content (AvgIpc) is 2.96. The second-order valence-corrected chi connectivity index (χ2v) is 6.25. The highest BCUT2D eigenvalue weighted by Gasteiger charge is 2.16. The fourth-order valence-corrected chi connectivity index (χ4v) is 3.12. The fraction of sp³-hybridized carbons (Fsp3) is 0. The predicted molar refractivity (Wildman–Crippen MR) is 80.3 cm³/mol. The standard InChI is InChI=1S/C14H11N3O4S/c18-14(19)9-4-6-10(7-5-9)22(20,21)17-13-3-1-2-12-11(13)8-15-16-12/h1-8,17H,(H,15,16)(H,18,19). The van der Waals surface area contributed by atoms with Crippen LogP contribution in [0.5, 0.6) is 0 Å². The minimum atomic E-state index is -3.81. The normalized spacial score (nSPS) is 11.5. The van der Waals surface area contributed by atoms with E-state index in [2.05, 4.69) is 14.9 Å². The molecule has 0 unspecified atom stereocenters. The van der Waals surface area contributed by atoms with Gasteiger partial charge in [-0.05, 0) is 36.4 Å². The molecule has 2 aromatic carbocycles. The number of aromatic amines is 1. The number of carboxylic acid groups (broad SMARTS) is 1. The highest BCUT2D eigenvalue weighted by atomic mass is 32.2. The molecule has 1 aromatic heterocycles. The van der Waals surface area contributed by atoms with Crippen LogP contribution in [0.4, 0.5) is 5.69 Å². The van der Waals surface area contributed by atoms with Crippen LogP contribution in [0.2, 0.25) is 0 Å². The summed E-state index contributed by atoms with van der Waals surface area (Å²) in [6, 6.07) is 10.1. The molecule has 112 valence electrons. The van der Waals surface area contributed by atoms with E-state index in [4.69, 9.17) is 5.11 Å². The van der Waals surface area contributed by atoms with Crippen molar-refractivity contribution >= 4 is 32.6 Å². The van der Waals surface area contributed by atoms with E-state index in [-0.39, 0.29) is 10.5 Å². The molecule has 0 amide bonds. The molecular formula is C14H11N3O4S. The maximum Gasteiger partial charge on any atom is 0.335 e. The molecule has 7 nitrogen and oxygen atoms in total. The molecule has 0 fully saturated rings. The van der Waals surface area contributed by atoms with Crippen LogP contribution in [-0.4, -0.2) is 29.7 Å². The van der Waals surface area contributed by atoms with Crippen LogP contribution in [0.1, 0.15) is 10.4 Å². The van der Waals surface area contributed by atoms with E-state index in [0.717, 1.165) is 0 Å². The number of H-pyrrole nitrogens is 1. The van der Waals surface area contributed by atoms with Gasteiger partial charge in [-0.3, -0.25) is 9.82 Å². The monoisotopic (exact) mass is 317 g/mol. The minimum absolute atomic E-state index is 0.0157. The van der Waals surface area contributed by atoms with Gasteiger partial charge in [-0.1, -0.05) is 6.07 Å². The Labute approximate surface area is 125 Å². The van der Waals surface area contributed by atoms with Crippen molar-refractivity contribution in [3.8, 4) is 0 Å². The van der Waals surface area contributed by atoms with E-state index in [1.54, 1.807) is 18.2 Å². The summed E-state index contributed by atoms with van der Waals surface area (Å²) in [5.74, 6) is -1.11. The lowest BCUT2D eigenvalue weighted by molar-refractivity contribution is 0.0696. The molecular weight excluding hydrogens is 306 g/mol. The molecule has 3 N–H and O–H groups in total. The largest absolute Gasteiger partial charge is 0.478 e. The summed E-state index contributed by atoms with van der Waals surface area (Å²) < 4.78 is 27.2. The zero-order valence-electron chi connectivity index (χ0n) is 11.1. The molecule has 0 radical (unpaired) electrons. The molecule has 1 heterocycles. The van der Waals surface area contributed by atoms with Crippen molar-refractivity contribution in [2.24, 2.45) is 0 Å². The minimum Gasteiger partial charge on any atom is -0.478 e. The van der Waals surface area contributed by atoms with Crippen LogP contribution >= 0.6 is 0 Å². The highest BCUT2D eigenvalue weighted by molar-refractivity contribution is 7.92. The number of carbonyl (C=O) groups is 1. The van der Waals surface area contributed by atoms with Gasteiger partial charge in [0.05, 0.1) is 27.9 Å². The van der Waals surface area contributed by atoms with Crippen LogP contribution < -0.4 is 4.72 Å². The van der Waals surface area contributed by atoms with Gasteiger partial charge in [0.2, 0.25) is 0 Å². The van der Waals surface area contributed by atoms with E-state index in [1.165, 1.54) is 30.5 Å². The number of aromatic nitrogens is 2. The number of carboxylic acids is 1. The Hall–Kier alpha value is -2.87. The molecule has 22 heavy (non-hydrogen) atoms. The van der Waals surface area contributed by atoms with Gasteiger partial charge in [0.25, 0.3) is 10.0 Å². The quantitative estimate of drug-likeness (QED) is 0.682. The first kappa shape index (κ1) is 14.1. The molecule has 0 saturated heterocycles. The molecule has 0 spiro atoms. The first-order chi connectivity index (χ1) is 10.5. The van der Waals surface area contributed by atoms with Crippen molar-refractivity contribution in [3.05, 3.63) is 54.2 Å². The fourth-order valence-electron chi connectivity index (χ4n) is 2.04. The number of rotatable bonds is 4. The number of aromatic carboxylic acids is 1. The van der Waals surface area contributed by atoms with Crippen molar-refractivity contribution in [2.75, 3.05) is 4.72 Å². The van der Waals surface area contributed by atoms with Crippen molar-refractivity contribution < 1.29 is 18.3 Å². The summed E-state index contributed by atoms with van der Waals surface area (Å²) in [7, 11) is -3.81. The summed E-state index contributed by atoms with van der Waals surface area (Å²) in [5.41, 5.74) is 1.13. The molecule has 0 aliphatic rings. The average molecular weight is 317 g/mol. The van der Waals surface area contributed by atoms with Crippen LogP contribution in [0.25, 0.3) is 10.9 Å². The van der Waals surface area contributed by atoms with Crippen LogP contribution in [0.15, 0.2) is 53.6 Å². The van der Waals surface area contributed by atoms with E-state index < -0.39 is 16.0 Å². The number of nitrogens with one attached hydrogen (secondary N) is 2. The predicted octanol–water partition coefficient (Wildman–Crippen LogP) is 2.06. The van der Waals surface area contributed by atoms with Gasteiger partial charge in [-0.25, -0.2) is 13.2 Å². The smallest absolute Gasteiger partial charge is 0.335 e. The third-order valence-electron chi connectivity index (χ3n) is 3.14. The summed E-state index contributed by atoms with van der Waals surface area (Å²) in [4.78, 5) is 10.8. The number of hydrogen-bond acceptors (Lipinski definition) is 4. The lowest BCUT2D eigenvalue weighted by Gasteiger charge is -2.09. The van der Waals surface area contributed by atoms with Crippen LogP contribution in [0.3, 0.4) is 0 Å². The molecule has 3 aromatic rings. The number of hydrogen-bond donors (Lipinski definition) is 3. The van der Waals surface area contributed by atoms with Crippen molar-refractivity contribution in [3.63, 3.8) is 0 Å². The van der Waals surface area contributed by atoms with Gasteiger partial charge in [-0.2, -0.15) is 5.10 Å². The van der Waals surface area contributed by atoms with Crippen molar-refractivity contribution in [2.45, 2.75) is 4.90 Å². The van der Waals surface area contributed by atoms with Crippen LogP contribution in [0, 0.1) is 0 Å². The zero-order chi connectivity index (χ0) is 15.7. The maximum absolute atomic E-state index is 12.4. The number of anilines is 1. The van der Waals surface area contributed by atoms with Gasteiger partial charge in [-0.15, -0.1) is 0 Å². The molecule has 0 saturated carbocycles. The SMILES string of the molecule is O=C(O)c1ccc(S(=O)(=O)Nc2cccc3[nH]ncc23)cc1. The number of benzene rings is 2. The highest BCUT2D eigenvalue weighted by Crippen LogP contribution is 2.24. The molecule has 0 bridgehead atoms. The summed E-state index contributed by atoms with van der Waals surface area (Å²) in [5, 5.41) is 16.1.